The van der Waals surface area contributed by atoms with Gasteiger partial charge in [-0.1, -0.05) is 6.07 Å². The lowest BCUT2D eigenvalue weighted by atomic mass is 9.97. The lowest BCUT2D eigenvalue weighted by Gasteiger charge is -2.36. The number of aromatic nitrogens is 2. The molecule has 0 unspecified atom stereocenters. The fraction of sp³-hybridized carbons (Fsp3) is 0.556. The summed E-state index contributed by atoms with van der Waals surface area (Å²) in [7, 11) is 0. The molecule has 0 radical (unpaired) electrons. The van der Waals surface area contributed by atoms with Crippen molar-refractivity contribution in [3.05, 3.63) is 40.6 Å². The number of carbonyl (C=O) groups excluding carboxylic acids is 1. The van der Waals surface area contributed by atoms with Gasteiger partial charge in [0.15, 0.2) is 0 Å². The van der Waals surface area contributed by atoms with E-state index < -0.39 is 0 Å². The minimum absolute atomic E-state index is 0.300. The largest absolute Gasteiger partial charge is 0.340 e. The van der Waals surface area contributed by atoms with Crippen LogP contribution in [0.25, 0.3) is 0 Å². The van der Waals surface area contributed by atoms with Gasteiger partial charge in [-0.2, -0.15) is 0 Å². The maximum absolute atomic E-state index is 12.7. The van der Waals surface area contributed by atoms with Gasteiger partial charge >= 0.3 is 0 Å². The fourth-order valence-electron chi connectivity index (χ4n) is 3.39. The lowest BCUT2D eigenvalue weighted by molar-refractivity contribution is -0.135. The number of piperidine rings is 1. The van der Waals surface area contributed by atoms with Crippen LogP contribution in [0.15, 0.2) is 29.9 Å². The lowest BCUT2D eigenvalue weighted by Crippen LogP contribution is -2.44. The van der Waals surface area contributed by atoms with Gasteiger partial charge in [0.05, 0.1) is 0 Å². The predicted molar refractivity (Wildman–Crippen MR) is 93.6 cm³/mol. The summed E-state index contributed by atoms with van der Waals surface area (Å²) in [4.78, 5) is 20.5. The van der Waals surface area contributed by atoms with Crippen LogP contribution in [-0.4, -0.2) is 32.9 Å². The molecule has 3 heterocycles. The Balaban J connectivity index is 1.54. The number of imidazole rings is 1. The fourth-order valence-corrected chi connectivity index (χ4v) is 4.12. The first-order chi connectivity index (χ1) is 11.2. The molecule has 1 atom stereocenters. The van der Waals surface area contributed by atoms with Gasteiger partial charge in [-0.05, 0) is 50.5 Å². The number of carbonyl (C=O) groups is 1. The summed E-state index contributed by atoms with van der Waals surface area (Å²) in [6, 6.07) is 4.72. The molecule has 1 aliphatic rings. The summed E-state index contributed by atoms with van der Waals surface area (Å²) in [5.74, 6) is 1.28. The van der Waals surface area contributed by atoms with Crippen LogP contribution in [0.4, 0.5) is 0 Å². The highest BCUT2D eigenvalue weighted by Crippen LogP contribution is 2.23. The van der Waals surface area contributed by atoms with Crippen LogP contribution in [0, 0.1) is 6.92 Å². The van der Waals surface area contributed by atoms with E-state index in [1.54, 1.807) is 6.20 Å². The summed E-state index contributed by atoms with van der Waals surface area (Å²) in [6.45, 7) is 3.64. The van der Waals surface area contributed by atoms with Gasteiger partial charge < -0.3 is 9.47 Å². The van der Waals surface area contributed by atoms with Crippen LogP contribution < -0.4 is 0 Å². The maximum atomic E-state index is 12.7. The molecule has 0 aliphatic carbocycles. The Morgan fingerprint density at radius 1 is 1.43 bits per heavy atom. The first-order valence-corrected chi connectivity index (χ1v) is 9.41. The zero-order chi connectivity index (χ0) is 16.1. The van der Waals surface area contributed by atoms with Gasteiger partial charge in [0.1, 0.15) is 5.82 Å². The SMILES string of the molecule is Cc1nccn1CCC(=O)N1CCCC[C@@H]1CCc1cccs1. The van der Waals surface area contributed by atoms with Crippen molar-refractivity contribution < 1.29 is 4.79 Å². The summed E-state index contributed by atoms with van der Waals surface area (Å²) in [5, 5.41) is 2.13. The third-order valence-corrected chi connectivity index (χ3v) is 5.68. The molecular weight excluding hydrogens is 306 g/mol. The molecule has 2 aromatic heterocycles. The minimum atomic E-state index is 0.300. The van der Waals surface area contributed by atoms with Crippen molar-refractivity contribution in [2.24, 2.45) is 0 Å². The second-order valence-corrected chi connectivity index (χ2v) is 7.30. The molecule has 2 aromatic rings. The molecule has 1 saturated heterocycles. The standard InChI is InChI=1S/C18H25N3OS/c1-15-19-10-13-20(15)12-9-18(22)21-11-3-2-5-16(21)7-8-17-6-4-14-23-17/h4,6,10,13-14,16H,2-3,5,7-9,11-12H2,1H3/t16-/m1/s1. The number of amides is 1. The number of thiophene rings is 1. The van der Waals surface area contributed by atoms with Gasteiger partial charge in [0.25, 0.3) is 0 Å². The van der Waals surface area contributed by atoms with E-state index in [0.717, 1.165) is 44.6 Å². The van der Waals surface area contributed by atoms with E-state index in [9.17, 15) is 4.79 Å². The van der Waals surface area contributed by atoms with E-state index >= 15 is 0 Å². The second kappa shape index (κ2) is 7.77. The van der Waals surface area contributed by atoms with E-state index in [1.807, 2.05) is 24.5 Å². The molecule has 0 bridgehead atoms. The minimum Gasteiger partial charge on any atom is -0.340 e. The molecule has 0 N–H and O–H groups in total. The Morgan fingerprint density at radius 3 is 3.09 bits per heavy atom. The maximum Gasteiger partial charge on any atom is 0.224 e. The van der Waals surface area contributed by atoms with E-state index in [0.29, 0.717) is 18.4 Å². The Bertz CT molecular complexity index is 620. The monoisotopic (exact) mass is 331 g/mol. The number of nitrogens with zero attached hydrogens (tertiary/aromatic N) is 3. The summed E-state index contributed by atoms with van der Waals surface area (Å²) in [6.07, 6.45) is 10.1. The highest BCUT2D eigenvalue weighted by molar-refractivity contribution is 7.09. The third-order valence-electron chi connectivity index (χ3n) is 4.74. The average molecular weight is 331 g/mol. The predicted octanol–water partition coefficient (Wildman–Crippen LogP) is 3.66. The van der Waals surface area contributed by atoms with E-state index in [-0.39, 0.29) is 0 Å². The molecule has 1 amide bonds. The molecule has 0 spiro atoms. The zero-order valence-corrected chi connectivity index (χ0v) is 14.6. The molecule has 1 fully saturated rings. The van der Waals surface area contributed by atoms with Crippen molar-refractivity contribution >= 4 is 17.2 Å². The first-order valence-electron chi connectivity index (χ1n) is 8.53. The van der Waals surface area contributed by atoms with Gasteiger partial charge in [-0.25, -0.2) is 4.98 Å². The molecule has 124 valence electrons. The molecule has 1 aliphatic heterocycles. The van der Waals surface area contributed by atoms with Crippen LogP contribution in [0.1, 0.15) is 42.8 Å². The molecule has 0 saturated carbocycles. The molecule has 0 aromatic carbocycles. The number of hydrogen-bond acceptors (Lipinski definition) is 3. The van der Waals surface area contributed by atoms with Crippen molar-refractivity contribution in [3.63, 3.8) is 0 Å². The van der Waals surface area contributed by atoms with Crippen molar-refractivity contribution in [1.29, 1.82) is 0 Å². The van der Waals surface area contributed by atoms with Crippen molar-refractivity contribution in [2.75, 3.05) is 6.54 Å². The van der Waals surface area contributed by atoms with Crippen LogP contribution in [0.2, 0.25) is 0 Å². The van der Waals surface area contributed by atoms with Crippen molar-refractivity contribution in [3.8, 4) is 0 Å². The number of likely N-dealkylation sites (tertiary alicyclic amines) is 1. The number of rotatable bonds is 6. The first kappa shape index (κ1) is 16.2. The highest BCUT2D eigenvalue weighted by atomic mass is 32.1. The normalized spacial score (nSPS) is 18.3. The topological polar surface area (TPSA) is 38.1 Å². The second-order valence-electron chi connectivity index (χ2n) is 6.27. The summed E-state index contributed by atoms with van der Waals surface area (Å²) >= 11 is 1.82. The smallest absolute Gasteiger partial charge is 0.224 e. The Morgan fingerprint density at radius 2 is 2.35 bits per heavy atom. The van der Waals surface area contributed by atoms with E-state index in [2.05, 4.69) is 32.0 Å². The van der Waals surface area contributed by atoms with Crippen LogP contribution >= 0.6 is 11.3 Å². The number of aryl methyl sites for hydroxylation is 3. The quantitative estimate of drug-likeness (QED) is 0.810. The van der Waals surface area contributed by atoms with Gasteiger partial charge in [0.2, 0.25) is 5.91 Å². The van der Waals surface area contributed by atoms with E-state index in [1.165, 1.54) is 11.3 Å². The van der Waals surface area contributed by atoms with E-state index in [4.69, 9.17) is 0 Å². The van der Waals surface area contributed by atoms with Crippen LogP contribution in [-0.2, 0) is 17.8 Å². The molecule has 5 heteroatoms. The highest BCUT2D eigenvalue weighted by Gasteiger charge is 2.26. The Hall–Kier alpha value is -1.62. The molecule has 4 nitrogen and oxygen atoms in total. The van der Waals surface area contributed by atoms with Crippen molar-refractivity contribution in [2.45, 2.75) is 58.0 Å². The van der Waals surface area contributed by atoms with Crippen LogP contribution in [0.5, 0.6) is 0 Å². The molecule has 23 heavy (non-hydrogen) atoms. The van der Waals surface area contributed by atoms with Gasteiger partial charge in [-0.15, -0.1) is 11.3 Å². The van der Waals surface area contributed by atoms with Crippen LogP contribution in [0.3, 0.4) is 0 Å². The Labute approximate surface area is 142 Å². The average Bonchev–Trinajstić information content (AvgIpc) is 3.22. The Kier molecular flexibility index (Phi) is 5.49. The molecule has 3 rings (SSSR count). The molecular formula is C18H25N3OS. The summed E-state index contributed by atoms with van der Waals surface area (Å²) in [5.41, 5.74) is 0. The zero-order valence-electron chi connectivity index (χ0n) is 13.8. The van der Waals surface area contributed by atoms with Gasteiger partial charge in [0, 0.05) is 42.8 Å². The van der Waals surface area contributed by atoms with Crippen molar-refractivity contribution in [1.82, 2.24) is 14.5 Å². The summed E-state index contributed by atoms with van der Waals surface area (Å²) < 4.78 is 2.06. The van der Waals surface area contributed by atoms with Gasteiger partial charge in [-0.3, -0.25) is 4.79 Å². The number of hydrogen-bond donors (Lipinski definition) is 0. The third kappa shape index (κ3) is 4.22.